The van der Waals surface area contributed by atoms with E-state index in [-0.39, 0.29) is 0 Å². The van der Waals surface area contributed by atoms with Gasteiger partial charge in [-0.2, -0.15) is 0 Å². The molecule has 4 aliphatic carbocycles. The second-order valence-corrected chi connectivity index (χ2v) is 10.1. The summed E-state index contributed by atoms with van der Waals surface area (Å²) in [6, 6.07) is 0. The first-order chi connectivity index (χ1) is 10.9. The zero-order valence-electron chi connectivity index (χ0n) is 15.4. The smallest absolute Gasteiger partial charge is 0.0622 e. The van der Waals surface area contributed by atoms with Crippen molar-refractivity contribution in [3.8, 4) is 0 Å². The Labute approximate surface area is 142 Å². The third kappa shape index (κ3) is 2.42. The van der Waals surface area contributed by atoms with Gasteiger partial charge in [-0.15, -0.1) is 0 Å². The Bertz CT molecular complexity index is 459. The average molecular weight is 321 g/mol. The summed E-state index contributed by atoms with van der Waals surface area (Å²) in [7, 11) is 1.89. The van der Waals surface area contributed by atoms with Crippen molar-refractivity contribution in [2.75, 3.05) is 13.7 Å². The van der Waals surface area contributed by atoms with E-state index in [0.29, 0.717) is 16.7 Å². The van der Waals surface area contributed by atoms with Crippen molar-refractivity contribution in [2.24, 2.45) is 34.5 Å². The lowest BCUT2D eigenvalue weighted by molar-refractivity contribution is -0.171. The highest BCUT2D eigenvalue weighted by atomic mass is 16.5. The van der Waals surface area contributed by atoms with Crippen molar-refractivity contribution in [3.63, 3.8) is 0 Å². The molecule has 7 atom stereocenters. The first-order valence-corrected chi connectivity index (χ1v) is 10.1. The van der Waals surface area contributed by atoms with E-state index in [0.717, 1.165) is 37.2 Å². The fraction of sp³-hybridized carbons (Fsp3) is 1.00. The molecule has 0 saturated heterocycles. The van der Waals surface area contributed by atoms with Gasteiger partial charge in [-0.25, -0.2) is 0 Å². The molecule has 132 valence electrons. The number of ether oxygens (including phenoxy) is 1. The van der Waals surface area contributed by atoms with Crippen LogP contribution in [0.5, 0.6) is 0 Å². The Morgan fingerprint density at radius 1 is 0.957 bits per heavy atom. The van der Waals surface area contributed by atoms with Crippen LogP contribution in [-0.2, 0) is 4.74 Å². The number of hydrogen-bond acceptors (Lipinski definition) is 2. The predicted molar refractivity (Wildman–Crippen MR) is 93.2 cm³/mol. The van der Waals surface area contributed by atoms with Gasteiger partial charge < -0.3 is 9.84 Å². The Kier molecular flexibility index (Phi) is 3.89. The largest absolute Gasteiger partial charge is 0.390 e. The molecular formula is C21H36O2. The van der Waals surface area contributed by atoms with Gasteiger partial charge in [-0.1, -0.05) is 13.3 Å². The SMILES string of the molecule is COC[C@]12CC[C@@](C)(O)C[C@@H]1CC[C@H]1[C@@H]3CCC[C@@]3(C)CC[C@@H]12. The Balaban J connectivity index is 1.65. The Hall–Kier alpha value is -0.0800. The maximum absolute atomic E-state index is 10.6. The third-order valence-electron chi connectivity index (χ3n) is 8.85. The molecule has 4 saturated carbocycles. The van der Waals surface area contributed by atoms with Gasteiger partial charge in [0.2, 0.25) is 0 Å². The molecule has 0 unspecified atom stereocenters. The summed E-state index contributed by atoms with van der Waals surface area (Å²) in [5.41, 5.74) is 0.567. The highest BCUT2D eigenvalue weighted by molar-refractivity contribution is 5.10. The minimum Gasteiger partial charge on any atom is -0.390 e. The second-order valence-electron chi connectivity index (χ2n) is 10.1. The molecule has 0 aromatic rings. The van der Waals surface area contributed by atoms with E-state index in [4.69, 9.17) is 4.74 Å². The van der Waals surface area contributed by atoms with Gasteiger partial charge in [0.1, 0.15) is 0 Å². The molecule has 0 radical (unpaired) electrons. The first-order valence-electron chi connectivity index (χ1n) is 10.1. The van der Waals surface area contributed by atoms with E-state index in [1.54, 1.807) is 0 Å². The molecule has 0 heterocycles. The lowest BCUT2D eigenvalue weighted by atomic mass is 9.44. The molecule has 1 N–H and O–H groups in total. The normalized spacial score (nSPS) is 55.8. The van der Waals surface area contributed by atoms with Crippen LogP contribution in [-0.4, -0.2) is 24.4 Å². The van der Waals surface area contributed by atoms with Crippen molar-refractivity contribution in [1.29, 1.82) is 0 Å². The van der Waals surface area contributed by atoms with E-state index in [2.05, 4.69) is 13.8 Å². The lowest BCUT2D eigenvalue weighted by Crippen LogP contribution is -2.57. The molecule has 0 aromatic carbocycles. The fourth-order valence-electron chi connectivity index (χ4n) is 7.78. The standard InChI is InChI=1S/C21H36O2/c1-19-9-4-5-17(19)16-7-6-15-13-20(2,22)11-12-21(15,14-23-3)18(16)8-10-19/h15-18,22H,4-14H2,1-3H3/t15-,16-,17-,18-,19-,20+,21+/m0/s1. The molecule has 0 bridgehead atoms. The first kappa shape index (κ1) is 16.4. The molecule has 0 aromatic heterocycles. The van der Waals surface area contributed by atoms with Gasteiger partial charge in [0.25, 0.3) is 0 Å². The summed E-state index contributed by atoms with van der Waals surface area (Å²) in [6.07, 6.45) is 13.2. The summed E-state index contributed by atoms with van der Waals surface area (Å²) in [5, 5.41) is 10.6. The molecule has 0 spiro atoms. The van der Waals surface area contributed by atoms with Crippen molar-refractivity contribution < 1.29 is 9.84 Å². The van der Waals surface area contributed by atoms with Gasteiger partial charge in [0.15, 0.2) is 0 Å². The molecule has 4 aliphatic rings. The van der Waals surface area contributed by atoms with Crippen LogP contribution in [0.25, 0.3) is 0 Å². The maximum Gasteiger partial charge on any atom is 0.0622 e. The minimum absolute atomic E-state index is 0.365. The van der Waals surface area contributed by atoms with Crippen LogP contribution in [0.4, 0.5) is 0 Å². The summed E-state index contributed by atoms with van der Waals surface area (Å²) in [4.78, 5) is 0. The third-order valence-corrected chi connectivity index (χ3v) is 8.85. The van der Waals surface area contributed by atoms with E-state index in [1.807, 2.05) is 7.11 Å². The van der Waals surface area contributed by atoms with Crippen molar-refractivity contribution in [1.82, 2.24) is 0 Å². The average Bonchev–Trinajstić information content (AvgIpc) is 2.89. The number of fused-ring (bicyclic) bond motifs is 5. The van der Waals surface area contributed by atoms with Gasteiger partial charge in [-0.05, 0) is 99.2 Å². The predicted octanol–water partition coefficient (Wildman–Crippen LogP) is 4.80. The topological polar surface area (TPSA) is 29.5 Å². The highest BCUT2D eigenvalue weighted by Crippen LogP contribution is 2.66. The van der Waals surface area contributed by atoms with Gasteiger partial charge >= 0.3 is 0 Å². The number of methoxy groups -OCH3 is 1. The summed E-state index contributed by atoms with van der Waals surface area (Å²) >= 11 is 0. The van der Waals surface area contributed by atoms with Crippen molar-refractivity contribution in [3.05, 3.63) is 0 Å². The number of rotatable bonds is 2. The van der Waals surface area contributed by atoms with E-state index < -0.39 is 5.60 Å². The Morgan fingerprint density at radius 2 is 1.78 bits per heavy atom. The van der Waals surface area contributed by atoms with Crippen LogP contribution < -0.4 is 0 Å². The molecule has 0 amide bonds. The van der Waals surface area contributed by atoms with Crippen LogP contribution in [0.3, 0.4) is 0 Å². The van der Waals surface area contributed by atoms with Crippen LogP contribution in [0.2, 0.25) is 0 Å². The quantitative estimate of drug-likeness (QED) is 0.792. The molecule has 2 heteroatoms. The van der Waals surface area contributed by atoms with Gasteiger partial charge in [0, 0.05) is 7.11 Å². The minimum atomic E-state index is -0.439. The van der Waals surface area contributed by atoms with Crippen molar-refractivity contribution in [2.45, 2.75) is 83.7 Å². The molecule has 23 heavy (non-hydrogen) atoms. The summed E-state index contributed by atoms with van der Waals surface area (Å²) in [6.45, 7) is 5.57. The van der Waals surface area contributed by atoms with E-state index in [9.17, 15) is 5.11 Å². The van der Waals surface area contributed by atoms with E-state index >= 15 is 0 Å². The van der Waals surface area contributed by atoms with Crippen molar-refractivity contribution >= 4 is 0 Å². The van der Waals surface area contributed by atoms with Crippen LogP contribution in [0, 0.1) is 34.5 Å². The molecular weight excluding hydrogens is 284 g/mol. The maximum atomic E-state index is 10.6. The van der Waals surface area contributed by atoms with E-state index in [1.165, 1.54) is 51.4 Å². The number of hydrogen-bond donors (Lipinski definition) is 1. The Morgan fingerprint density at radius 3 is 2.57 bits per heavy atom. The monoisotopic (exact) mass is 320 g/mol. The highest BCUT2D eigenvalue weighted by Gasteiger charge is 2.60. The fourth-order valence-corrected chi connectivity index (χ4v) is 7.78. The number of aliphatic hydroxyl groups is 1. The molecule has 2 nitrogen and oxygen atoms in total. The molecule has 4 rings (SSSR count). The molecule has 0 aliphatic heterocycles. The summed E-state index contributed by atoms with van der Waals surface area (Å²) < 4.78 is 5.81. The zero-order valence-corrected chi connectivity index (χ0v) is 15.4. The second kappa shape index (κ2) is 5.46. The van der Waals surface area contributed by atoms with Gasteiger partial charge in [0.05, 0.1) is 12.2 Å². The molecule has 4 fully saturated rings. The van der Waals surface area contributed by atoms with Crippen LogP contribution in [0.1, 0.15) is 78.1 Å². The summed E-state index contributed by atoms with van der Waals surface area (Å²) in [5.74, 6) is 3.44. The van der Waals surface area contributed by atoms with Crippen LogP contribution in [0.15, 0.2) is 0 Å². The lowest BCUT2D eigenvalue weighted by Gasteiger charge is -2.62. The zero-order chi connectivity index (χ0) is 16.3. The van der Waals surface area contributed by atoms with Gasteiger partial charge in [-0.3, -0.25) is 0 Å². The van der Waals surface area contributed by atoms with Crippen LogP contribution >= 0.6 is 0 Å².